The first-order valence-electron chi connectivity index (χ1n) is 11.0. The van der Waals surface area contributed by atoms with Crippen LogP contribution in [0.4, 0.5) is 4.79 Å². The topological polar surface area (TPSA) is 67.9 Å². The van der Waals surface area contributed by atoms with Gasteiger partial charge in [0.15, 0.2) is 11.5 Å². The molecule has 1 aliphatic heterocycles. The molecule has 0 bridgehead atoms. The van der Waals surface area contributed by atoms with Crippen LogP contribution in [0, 0.1) is 6.92 Å². The van der Waals surface area contributed by atoms with E-state index in [1.54, 1.807) is 12.1 Å². The number of amides is 3. The second-order valence-corrected chi connectivity index (χ2v) is 8.75. The van der Waals surface area contributed by atoms with Crippen LogP contribution in [0.5, 0.6) is 11.5 Å². The van der Waals surface area contributed by atoms with Crippen LogP contribution in [0.2, 0.25) is 0 Å². The fourth-order valence-electron chi connectivity index (χ4n) is 3.64. The Balaban J connectivity index is 1.56. The van der Waals surface area contributed by atoms with Gasteiger partial charge < -0.3 is 14.8 Å². The van der Waals surface area contributed by atoms with Crippen LogP contribution in [0.1, 0.15) is 29.2 Å². The van der Waals surface area contributed by atoms with Gasteiger partial charge in [-0.3, -0.25) is 9.69 Å². The lowest BCUT2D eigenvalue weighted by molar-refractivity contribution is -0.123. The minimum Gasteiger partial charge on any atom is -0.490 e. The van der Waals surface area contributed by atoms with Crippen molar-refractivity contribution in [3.05, 3.63) is 99.2 Å². The third-order valence-electron chi connectivity index (χ3n) is 5.29. The Kier molecular flexibility index (Phi) is 7.33. The van der Waals surface area contributed by atoms with Gasteiger partial charge in [0, 0.05) is 4.47 Å². The molecule has 6 nitrogen and oxygen atoms in total. The average molecular weight is 521 g/mol. The SMILES string of the molecule is CCOc1cc(/C=C2/NC(=O)N(Cc3cccc(C)c3)C2=O)c(Br)cc1OCc1ccccc1. The number of urea groups is 1. The first-order valence-corrected chi connectivity index (χ1v) is 11.8. The van der Waals surface area contributed by atoms with E-state index in [0.29, 0.717) is 34.7 Å². The lowest BCUT2D eigenvalue weighted by Crippen LogP contribution is -2.30. The summed E-state index contributed by atoms with van der Waals surface area (Å²) in [6.07, 6.45) is 1.64. The van der Waals surface area contributed by atoms with Gasteiger partial charge >= 0.3 is 6.03 Å². The predicted molar refractivity (Wildman–Crippen MR) is 134 cm³/mol. The molecule has 34 heavy (non-hydrogen) atoms. The number of rotatable bonds is 8. The van der Waals surface area contributed by atoms with Crippen molar-refractivity contribution in [2.24, 2.45) is 0 Å². The van der Waals surface area contributed by atoms with Gasteiger partial charge in [0.2, 0.25) is 0 Å². The molecular weight excluding hydrogens is 496 g/mol. The van der Waals surface area contributed by atoms with E-state index in [9.17, 15) is 9.59 Å². The number of imide groups is 1. The van der Waals surface area contributed by atoms with Crippen molar-refractivity contribution < 1.29 is 19.1 Å². The molecule has 0 aromatic heterocycles. The molecule has 3 amide bonds. The minimum atomic E-state index is -0.443. The van der Waals surface area contributed by atoms with Gasteiger partial charge in [-0.1, -0.05) is 76.1 Å². The van der Waals surface area contributed by atoms with E-state index < -0.39 is 6.03 Å². The van der Waals surface area contributed by atoms with Gasteiger partial charge in [-0.2, -0.15) is 0 Å². The molecule has 4 rings (SSSR count). The summed E-state index contributed by atoms with van der Waals surface area (Å²) >= 11 is 3.56. The summed E-state index contributed by atoms with van der Waals surface area (Å²) in [5, 5.41) is 2.68. The number of carbonyl (C=O) groups is 2. The Morgan fingerprint density at radius 2 is 1.68 bits per heavy atom. The zero-order valence-corrected chi connectivity index (χ0v) is 20.6. The van der Waals surface area contributed by atoms with E-state index in [-0.39, 0.29) is 18.1 Å². The lowest BCUT2D eigenvalue weighted by atomic mass is 10.1. The molecular formula is C27H25BrN2O4. The summed E-state index contributed by atoms with van der Waals surface area (Å²) in [4.78, 5) is 26.7. The Morgan fingerprint density at radius 3 is 2.41 bits per heavy atom. The molecule has 1 aliphatic rings. The molecule has 1 heterocycles. The van der Waals surface area contributed by atoms with Gasteiger partial charge in [-0.25, -0.2) is 4.79 Å². The quantitative estimate of drug-likeness (QED) is 0.299. The summed E-state index contributed by atoms with van der Waals surface area (Å²) in [5.41, 5.74) is 3.90. The highest BCUT2D eigenvalue weighted by atomic mass is 79.9. The molecule has 174 valence electrons. The number of carbonyl (C=O) groups excluding carboxylic acids is 2. The molecule has 0 saturated carbocycles. The molecule has 0 unspecified atom stereocenters. The Hall–Kier alpha value is -3.58. The highest BCUT2D eigenvalue weighted by Gasteiger charge is 2.33. The number of hydrogen-bond acceptors (Lipinski definition) is 4. The van der Waals surface area contributed by atoms with E-state index in [1.165, 1.54) is 4.90 Å². The zero-order chi connectivity index (χ0) is 24.1. The molecule has 0 spiro atoms. The normalized spacial score (nSPS) is 14.4. The Labute approximate surface area is 207 Å². The van der Waals surface area contributed by atoms with Gasteiger partial charge in [0.05, 0.1) is 13.2 Å². The second-order valence-electron chi connectivity index (χ2n) is 7.90. The number of aryl methyl sites for hydroxylation is 1. The molecule has 0 atom stereocenters. The maximum Gasteiger partial charge on any atom is 0.329 e. The fraction of sp³-hybridized carbons (Fsp3) is 0.185. The van der Waals surface area contributed by atoms with Crippen LogP contribution in [0.25, 0.3) is 6.08 Å². The first-order chi connectivity index (χ1) is 16.4. The van der Waals surface area contributed by atoms with E-state index in [0.717, 1.165) is 16.7 Å². The van der Waals surface area contributed by atoms with Crippen LogP contribution in [-0.4, -0.2) is 23.4 Å². The maximum atomic E-state index is 13.0. The van der Waals surface area contributed by atoms with Crippen LogP contribution < -0.4 is 14.8 Å². The summed E-state index contributed by atoms with van der Waals surface area (Å²) in [5.74, 6) is 0.769. The van der Waals surface area contributed by atoms with E-state index >= 15 is 0 Å². The molecule has 1 N–H and O–H groups in total. The number of halogens is 1. The number of benzene rings is 3. The van der Waals surface area contributed by atoms with Gasteiger partial charge in [-0.15, -0.1) is 0 Å². The summed E-state index contributed by atoms with van der Waals surface area (Å²) in [6, 6.07) is 20.8. The monoisotopic (exact) mass is 520 g/mol. The largest absolute Gasteiger partial charge is 0.490 e. The maximum absolute atomic E-state index is 13.0. The number of ether oxygens (including phenoxy) is 2. The van der Waals surface area contributed by atoms with Gasteiger partial charge in [0.25, 0.3) is 5.91 Å². The van der Waals surface area contributed by atoms with Gasteiger partial charge in [-0.05, 0) is 48.7 Å². The van der Waals surface area contributed by atoms with Crippen LogP contribution in [0.15, 0.2) is 76.9 Å². The highest BCUT2D eigenvalue weighted by molar-refractivity contribution is 9.10. The average Bonchev–Trinajstić information content (AvgIpc) is 3.08. The molecule has 3 aromatic rings. The Morgan fingerprint density at radius 1 is 0.941 bits per heavy atom. The Bertz CT molecular complexity index is 1240. The van der Waals surface area contributed by atoms with Crippen LogP contribution in [-0.2, 0) is 17.9 Å². The standard InChI is InChI=1S/C27H25BrN2O4/c1-3-33-24-14-21(22(28)15-25(24)34-17-19-9-5-4-6-10-19)13-23-26(31)30(27(32)29-23)16-20-11-7-8-18(2)12-20/h4-15H,3,16-17H2,1-2H3,(H,29,32)/b23-13+. The van der Waals surface area contributed by atoms with Crippen LogP contribution >= 0.6 is 15.9 Å². The van der Waals surface area contributed by atoms with Crippen molar-refractivity contribution in [1.29, 1.82) is 0 Å². The number of nitrogens with zero attached hydrogens (tertiary/aromatic N) is 1. The smallest absolute Gasteiger partial charge is 0.329 e. The highest BCUT2D eigenvalue weighted by Crippen LogP contribution is 2.35. The molecule has 0 radical (unpaired) electrons. The van der Waals surface area contributed by atoms with Crippen molar-refractivity contribution in [3.63, 3.8) is 0 Å². The molecule has 7 heteroatoms. The van der Waals surface area contributed by atoms with Crippen molar-refractivity contribution in [2.45, 2.75) is 27.0 Å². The summed E-state index contributed by atoms with van der Waals surface area (Å²) in [7, 11) is 0. The van der Waals surface area contributed by atoms with E-state index in [1.807, 2.05) is 74.5 Å². The molecule has 3 aromatic carbocycles. The molecule has 1 fully saturated rings. The van der Waals surface area contributed by atoms with Crippen molar-refractivity contribution in [1.82, 2.24) is 10.2 Å². The van der Waals surface area contributed by atoms with Crippen molar-refractivity contribution in [2.75, 3.05) is 6.61 Å². The molecule has 1 saturated heterocycles. The number of hydrogen-bond donors (Lipinski definition) is 1. The lowest BCUT2D eigenvalue weighted by Gasteiger charge is -2.14. The first kappa shape index (κ1) is 23.6. The minimum absolute atomic E-state index is 0.207. The summed E-state index contributed by atoms with van der Waals surface area (Å²) in [6.45, 7) is 4.93. The third kappa shape index (κ3) is 5.48. The molecule has 0 aliphatic carbocycles. The van der Waals surface area contributed by atoms with E-state index in [4.69, 9.17) is 9.47 Å². The zero-order valence-electron chi connectivity index (χ0n) is 19.0. The van der Waals surface area contributed by atoms with Gasteiger partial charge in [0.1, 0.15) is 12.3 Å². The summed E-state index contributed by atoms with van der Waals surface area (Å²) < 4.78 is 12.5. The van der Waals surface area contributed by atoms with Crippen molar-refractivity contribution in [3.8, 4) is 11.5 Å². The number of nitrogens with one attached hydrogen (secondary N) is 1. The van der Waals surface area contributed by atoms with Crippen LogP contribution in [0.3, 0.4) is 0 Å². The fourth-order valence-corrected chi connectivity index (χ4v) is 4.08. The van der Waals surface area contributed by atoms with Crippen molar-refractivity contribution >= 4 is 33.9 Å². The second kappa shape index (κ2) is 10.6. The third-order valence-corrected chi connectivity index (χ3v) is 5.97. The van der Waals surface area contributed by atoms with E-state index in [2.05, 4.69) is 21.2 Å². The predicted octanol–water partition coefficient (Wildman–Crippen LogP) is 5.83.